The van der Waals surface area contributed by atoms with Gasteiger partial charge in [0.1, 0.15) is 5.82 Å². The minimum atomic E-state index is -0.898. The van der Waals surface area contributed by atoms with Gasteiger partial charge in [-0.2, -0.15) is 0 Å². The number of hydrogen-bond acceptors (Lipinski definition) is 3. The maximum absolute atomic E-state index is 13.2. The Balaban J connectivity index is 2.15. The van der Waals surface area contributed by atoms with Gasteiger partial charge in [-0.3, -0.25) is 4.79 Å². The molecule has 2 aromatic rings. The summed E-state index contributed by atoms with van der Waals surface area (Å²) in [6, 6.07) is 11.5. The second-order valence-electron chi connectivity index (χ2n) is 5.25. The highest BCUT2D eigenvalue weighted by atomic mass is 35.5. The van der Waals surface area contributed by atoms with E-state index in [1.165, 1.54) is 12.1 Å². The monoisotopic (exact) mass is 336 g/mol. The molecule has 4 nitrogen and oxygen atoms in total. The third kappa shape index (κ3) is 4.94. The molecule has 0 amide bonds. The standard InChI is InChI=1S/C17H18ClFN2O2/c18-15-5-4-12(13(9-20)8-17(22)23)7-16(15)21-10-11-2-1-3-14(19)6-11/h1-7,13,21H,8-10,20H2,(H,22,23)/t13-/m0/s1. The van der Waals surface area contributed by atoms with Gasteiger partial charge < -0.3 is 16.2 Å². The Morgan fingerprint density at radius 1 is 1.30 bits per heavy atom. The van der Waals surface area contributed by atoms with Crippen molar-refractivity contribution < 1.29 is 14.3 Å². The number of nitrogens with two attached hydrogens (primary N) is 1. The highest BCUT2D eigenvalue weighted by Crippen LogP contribution is 2.28. The van der Waals surface area contributed by atoms with E-state index in [1.54, 1.807) is 30.3 Å². The van der Waals surface area contributed by atoms with Crippen LogP contribution >= 0.6 is 11.6 Å². The van der Waals surface area contributed by atoms with Crippen LogP contribution in [0, 0.1) is 5.82 Å². The molecule has 0 saturated carbocycles. The first kappa shape index (κ1) is 17.2. The summed E-state index contributed by atoms with van der Waals surface area (Å²) in [6.45, 7) is 0.643. The van der Waals surface area contributed by atoms with Gasteiger partial charge in [-0.1, -0.05) is 29.8 Å². The maximum atomic E-state index is 13.2. The van der Waals surface area contributed by atoms with Gasteiger partial charge >= 0.3 is 5.97 Å². The Labute approximate surface area is 139 Å². The lowest BCUT2D eigenvalue weighted by Gasteiger charge is -2.16. The predicted octanol–water partition coefficient (Wildman–Crippen LogP) is 3.61. The van der Waals surface area contributed by atoms with E-state index in [0.29, 0.717) is 17.3 Å². The van der Waals surface area contributed by atoms with Crippen molar-refractivity contribution >= 4 is 23.3 Å². The molecule has 0 aromatic heterocycles. The number of carbonyl (C=O) groups is 1. The van der Waals surface area contributed by atoms with Gasteiger partial charge in [0.05, 0.1) is 17.1 Å². The molecular formula is C17H18ClFN2O2. The summed E-state index contributed by atoms with van der Waals surface area (Å²) in [5, 5.41) is 12.6. The topological polar surface area (TPSA) is 75.4 Å². The summed E-state index contributed by atoms with van der Waals surface area (Å²) in [5.41, 5.74) is 7.92. The van der Waals surface area contributed by atoms with Gasteiger partial charge in [0, 0.05) is 12.5 Å². The molecule has 23 heavy (non-hydrogen) atoms. The molecule has 0 spiro atoms. The summed E-state index contributed by atoms with van der Waals surface area (Å²) >= 11 is 6.16. The SMILES string of the molecule is NC[C@H](CC(=O)O)c1ccc(Cl)c(NCc2cccc(F)c2)c1. The van der Waals surface area contributed by atoms with Crippen LogP contribution in [0.1, 0.15) is 23.5 Å². The molecule has 6 heteroatoms. The highest BCUT2D eigenvalue weighted by molar-refractivity contribution is 6.33. The number of aliphatic carboxylic acids is 1. The van der Waals surface area contributed by atoms with Gasteiger partial charge in [0.15, 0.2) is 0 Å². The molecule has 2 rings (SSSR count). The van der Waals surface area contributed by atoms with Gasteiger partial charge in [-0.05, 0) is 41.9 Å². The molecule has 0 unspecified atom stereocenters. The zero-order valence-electron chi connectivity index (χ0n) is 12.4. The zero-order valence-corrected chi connectivity index (χ0v) is 13.2. The second kappa shape index (κ2) is 7.94. The average molecular weight is 337 g/mol. The Morgan fingerprint density at radius 2 is 2.09 bits per heavy atom. The van der Waals surface area contributed by atoms with Crippen molar-refractivity contribution in [3.05, 3.63) is 64.4 Å². The van der Waals surface area contributed by atoms with Gasteiger partial charge in [-0.25, -0.2) is 4.39 Å². The lowest BCUT2D eigenvalue weighted by molar-refractivity contribution is -0.137. The molecule has 0 fully saturated rings. The highest BCUT2D eigenvalue weighted by Gasteiger charge is 2.15. The van der Waals surface area contributed by atoms with Crippen LogP contribution in [0.4, 0.5) is 10.1 Å². The zero-order chi connectivity index (χ0) is 16.8. The fraction of sp³-hybridized carbons (Fsp3) is 0.235. The first-order chi connectivity index (χ1) is 11.0. The second-order valence-corrected chi connectivity index (χ2v) is 5.66. The molecule has 2 aromatic carbocycles. The molecule has 0 aliphatic carbocycles. The molecule has 1 atom stereocenters. The molecule has 0 heterocycles. The van der Waals surface area contributed by atoms with Crippen molar-refractivity contribution in [3.63, 3.8) is 0 Å². The van der Waals surface area contributed by atoms with E-state index >= 15 is 0 Å². The van der Waals surface area contributed by atoms with Crippen LogP contribution in [0.5, 0.6) is 0 Å². The smallest absolute Gasteiger partial charge is 0.304 e. The number of halogens is 2. The van der Waals surface area contributed by atoms with Crippen LogP contribution in [-0.2, 0) is 11.3 Å². The summed E-state index contributed by atoms with van der Waals surface area (Å²) in [5.74, 6) is -1.47. The van der Waals surface area contributed by atoms with E-state index in [2.05, 4.69) is 5.32 Å². The largest absolute Gasteiger partial charge is 0.481 e. The van der Waals surface area contributed by atoms with Crippen molar-refractivity contribution in [2.45, 2.75) is 18.9 Å². The average Bonchev–Trinajstić information content (AvgIpc) is 2.52. The van der Waals surface area contributed by atoms with Gasteiger partial charge in [-0.15, -0.1) is 0 Å². The van der Waals surface area contributed by atoms with Crippen molar-refractivity contribution in [1.29, 1.82) is 0 Å². The Bertz CT molecular complexity index is 694. The number of carboxylic acids is 1. The van der Waals surface area contributed by atoms with Crippen molar-refractivity contribution in [2.24, 2.45) is 5.73 Å². The summed E-state index contributed by atoms with van der Waals surface area (Å²) in [4.78, 5) is 10.9. The number of benzene rings is 2. The van der Waals surface area contributed by atoms with Crippen molar-refractivity contribution in [1.82, 2.24) is 0 Å². The lowest BCUT2D eigenvalue weighted by Crippen LogP contribution is -2.16. The van der Waals surface area contributed by atoms with Gasteiger partial charge in [0.2, 0.25) is 0 Å². The molecule has 0 aliphatic heterocycles. The number of hydrogen-bond donors (Lipinski definition) is 3. The third-order valence-electron chi connectivity index (χ3n) is 3.54. The van der Waals surface area contributed by atoms with E-state index in [1.807, 2.05) is 0 Å². The van der Waals surface area contributed by atoms with Crippen LogP contribution in [0.25, 0.3) is 0 Å². The van der Waals surface area contributed by atoms with E-state index in [0.717, 1.165) is 11.1 Å². The van der Waals surface area contributed by atoms with Gasteiger partial charge in [0.25, 0.3) is 0 Å². The van der Waals surface area contributed by atoms with E-state index in [-0.39, 0.29) is 24.7 Å². The van der Waals surface area contributed by atoms with E-state index in [9.17, 15) is 9.18 Å². The molecule has 0 radical (unpaired) electrons. The van der Waals surface area contributed by atoms with Crippen LogP contribution in [0.2, 0.25) is 5.02 Å². The van der Waals surface area contributed by atoms with E-state index < -0.39 is 5.97 Å². The number of rotatable bonds is 7. The van der Waals surface area contributed by atoms with Crippen LogP contribution < -0.4 is 11.1 Å². The molecule has 122 valence electrons. The van der Waals surface area contributed by atoms with E-state index in [4.69, 9.17) is 22.4 Å². The number of anilines is 1. The predicted molar refractivity (Wildman–Crippen MR) is 89.2 cm³/mol. The Hall–Kier alpha value is -2.11. The lowest BCUT2D eigenvalue weighted by atomic mass is 9.95. The number of nitrogens with one attached hydrogen (secondary N) is 1. The fourth-order valence-electron chi connectivity index (χ4n) is 2.32. The summed E-state index contributed by atoms with van der Waals surface area (Å²) in [7, 11) is 0. The first-order valence-corrected chi connectivity index (χ1v) is 7.57. The molecule has 4 N–H and O–H groups in total. The minimum Gasteiger partial charge on any atom is -0.481 e. The Kier molecular flexibility index (Phi) is 5.96. The number of carboxylic acid groups (broad SMARTS) is 1. The molecule has 0 saturated heterocycles. The normalized spacial score (nSPS) is 12.0. The third-order valence-corrected chi connectivity index (χ3v) is 3.87. The van der Waals surface area contributed by atoms with Crippen molar-refractivity contribution in [3.8, 4) is 0 Å². The quantitative estimate of drug-likeness (QED) is 0.722. The van der Waals surface area contributed by atoms with Crippen molar-refractivity contribution in [2.75, 3.05) is 11.9 Å². The maximum Gasteiger partial charge on any atom is 0.304 e. The Morgan fingerprint density at radius 3 is 2.74 bits per heavy atom. The summed E-state index contributed by atoms with van der Waals surface area (Å²) in [6.07, 6.45) is -0.0402. The first-order valence-electron chi connectivity index (χ1n) is 7.19. The summed E-state index contributed by atoms with van der Waals surface area (Å²) < 4.78 is 13.2. The molecule has 0 aliphatic rings. The van der Waals surface area contributed by atoms with Crippen LogP contribution in [-0.4, -0.2) is 17.6 Å². The fourth-order valence-corrected chi connectivity index (χ4v) is 2.51. The molecular weight excluding hydrogens is 319 g/mol. The minimum absolute atomic E-state index is 0.0402. The molecule has 0 bridgehead atoms. The van der Waals surface area contributed by atoms with Crippen LogP contribution in [0.15, 0.2) is 42.5 Å². The van der Waals surface area contributed by atoms with Crippen LogP contribution in [0.3, 0.4) is 0 Å².